The van der Waals surface area contributed by atoms with E-state index >= 15 is 0 Å². The molecule has 0 amide bonds. The van der Waals surface area contributed by atoms with E-state index in [1.54, 1.807) is 20.5 Å². The summed E-state index contributed by atoms with van der Waals surface area (Å²) in [6.45, 7) is 2.42. The Bertz CT molecular complexity index is 743. The largest absolute Gasteiger partial charge is 0.493 e. The van der Waals surface area contributed by atoms with Crippen LogP contribution in [0.5, 0.6) is 11.5 Å². The van der Waals surface area contributed by atoms with E-state index in [0.717, 1.165) is 17.0 Å². The van der Waals surface area contributed by atoms with Crippen molar-refractivity contribution in [1.29, 1.82) is 0 Å². The molecule has 24 heavy (non-hydrogen) atoms. The highest BCUT2D eigenvalue weighted by molar-refractivity contribution is 6.06. The lowest BCUT2D eigenvalue weighted by atomic mass is 10.0. The molecule has 1 aliphatic heterocycles. The predicted molar refractivity (Wildman–Crippen MR) is 92.5 cm³/mol. The fraction of sp³-hybridized carbons (Fsp3) is 0.353. The number of hydrogen-bond donors (Lipinski definition) is 3. The average molecular weight is 330 g/mol. The third-order valence-electron chi connectivity index (χ3n) is 4.01. The summed E-state index contributed by atoms with van der Waals surface area (Å²) in [5.41, 5.74) is 8.09. The lowest BCUT2D eigenvalue weighted by Crippen LogP contribution is -2.63. The predicted octanol–water partition coefficient (Wildman–Crippen LogP) is 2.28. The second kappa shape index (κ2) is 6.45. The molecule has 3 rings (SSSR count). The van der Waals surface area contributed by atoms with E-state index in [-0.39, 0.29) is 0 Å². The maximum absolute atomic E-state index is 6.38. The molecule has 7 nitrogen and oxygen atoms in total. The quantitative estimate of drug-likeness (QED) is 0.779. The first kappa shape index (κ1) is 16.2. The average Bonchev–Trinajstić information content (AvgIpc) is 3.12. The molecule has 1 aromatic heterocycles. The Hall–Kier alpha value is -2.67. The number of furan rings is 1. The van der Waals surface area contributed by atoms with Gasteiger partial charge in [0.1, 0.15) is 11.6 Å². The van der Waals surface area contributed by atoms with Gasteiger partial charge in [0.15, 0.2) is 17.3 Å². The lowest BCUT2D eigenvalue weighted by Gasteiger charge is -2.38. The van der Waals surface area contributed by atoms with Crippen LogP contribution >= 0.6 is 0 Å². The minimum Gasteiger partial charge on any atom is -0.493 e. The third kappa shape index (κ3) is 3.03. The molecule has 1 aromatic carbocycles. The van der Waals surface area contributed by atoms with Crippen molar-refractivity contribution in [3.05, 3.63) is 41.9 Å². The van der Waals surface area contributed by atoms with Crippen LogP contribution in [0.3, 0.4) is 0 Å². The summed E-state index contributed by atoms with van der Waals surface area (Å²) in [6, 6.07) is 7.47. The highest BCUT2D eigenvalue weighted by Gasteiger charge is 2.32. The third-order valence-corrected chi connectivity index (χ3v) is 4.01. The fourth-order valence-corrected chi connectivity index (χ4v) is 2.59. The fourth-order valence-electron chi connectivity index (χ4n) is 2.59. The zero-order valence-corrected chi connectivity index (χ0v) is 14.1. The van der Waals surface area contributed by atoms with Gasteiger partial charge in [0, 0.05) is 18.1 Å². The number of fused-ring (bicyclic) bond motifs is 1. The van der Waals surface area contributed by atoms with Crippen molar-refractivity contribution in [2.75, 3.05) is 19.5 Å². The number of nitrogens with one attached hydrogen (secondary N) is 2. The van der Waals surface area contributed by atoms with Crippen molar-refractivity contribution in [1.82, 2.24) is 5.32 Å². The number of nitrogens with zero attached hydrogens (tertiary/aromatic N) is 1. The minimum atomic E-state index is -0.783. The lowest BCUT2D eigenvalue weighted by molar-refractivity contribution is 0.354. The van der Waals surface area contributed by atoms with Gasteiger partial charge < -0.3 is 24.5 Å². The molecule has 128 valence electrons. The Kier molecular flexibility index (Phi) is 4.35. The molecule has 2 aromatic rings. The second-order valence-electron chi connectivity index (χ2n) is 5.57. The van der Waals surface area contributed by atoms with Crippen LogP contribution in [0.4, 0.5) is 5.69 Å². The van der Waals surface area contributed by atoms with Crippen molar-refractivity contribution in [2.45, 2.75) is 25.7 Å². The molecule has 7 heteroatoms. The van der Waals surface area contributed by atoms with Crippen molar-refractivity contribution in [3.63, 3.8) is 0 Å². The van der Waals surface area contributed by atoms with Gasteiger partial charge in [0.2, 0.25) is 0 Å². The number of aliphatic imine (C=N–C) groups is 1. The molecule has 4 N–H and O–H groups in total. The summed E-state index contributed by atoms with van der Waals surface area (Å²) in [5, 5.41) is 6.56. The number of ether oxygens (including phenoxy) is 2. The zero-order chi connectivity index (χ0) is 17.2. The number of amidine groups is 1. The van der Waals surface area contributed by atoms with Crippen molar-refractivity contribution < 1.29 is 13.9 Å². The Morgan fingerprint density at radius 1 is 1.21 bits per heavy atom. The summed E-state index contributed by atoms with van der Waals surface area (Å²) in [5.74, 6) is 1.95. The second-order valence-corrected chi connectivity index (χ2v) is 5.57. The van der Waals surface area contributed by atoms with Crippen molar-refractivity contribution in [3.8, 4) is 11.5 Å². The summed E-state index contributed by atoms with van der Waals surface area (Å²) in [6.07, 6.45) is 2.30. The number of benzene rings is 1. The number of rotatable bonds is 5. The highest BCUT2D eigenvalue weighted by atomic mass is 16.5. The summed E-state index contributed by atoms with van der Waals surface area (Å²) >= 11 is 0. The van der Waals surface area contributed by atoms with E-state index in [1.807, 2.05) is 31.2 Å². The summed E-state index contributed by atoms with van der Waals surface area (Å²) in [4.78, 5) is 4.64. The molecule has 0 radical (unpaired) electrons. The van der Waals surface area contributed by atoms with Crippen LogP contribution in [-0.4, -0.2) is 25.8 Å². The number of methoxy groups -OCH3 is 2. The van der Waals surface area contributed by atoms with Gasteiger partial charge >= 0.3 is 0 Å². The van der Waals surface area contributed by atoms with Crippen LogP contribution in [0.15, 0.2) is 39.9 Å². The highest BCUT2D eigenvalue weighted by Crippen LogP contribution is 2.36. The van der Waals surface area contributed by atoms with Crippen LogP contribution in [0.25, 0.3) is 0 Å². The van der Waals surface area contributed by atoms with Crippen LogP contribution in [-0.2, 0) is 6.54 Å². The smallest absolute Gasteiger partial charge is 0.162 e. The van der Waals surface area contributed by atoms with E-state index in [9.17, 15) is 0 Å². The van der Waals surface area contributed by atoms with Gasteiger partial charge in [-0.2, -0.15) is 0 Å². The molecule has 1 unspecified atom stereocenters. The number of anilines is 1. The van der Waals surface area contributed by atoms with E-state index in [4.69, 9.17) is 19.6 Å². The Morgan fingerprint density at radius 3 is 2.58 bits per heavy atom. The standard InChI is InChI=1S/C17H22N4O3/c1-4-17(18)20-13-9-15(23-3)14(22-2)8-12(13)16(21-17)19-10-11-6-5-7-24-11/h5-9,20H,4,10,18H2,1-3H3,(H,19,21). The molecule has 0 saturated carbocycles. The van der Waals surface area contributed by atoms with Crippen molar-refractivity contribution >= 4 is 11.5 Å². The molecular weight excluding hydrogens is 308 g/mol. The normalized spacial score (nSPS) is 20.9. The van der Waals surface area contributed by atoms with E-state index < -0.39 is 5.79 Å². The van der Waals surface area contributed by atoms with Crippen molar-refractivity contribution in [2.24, 2.45) is 10.7 Å². The molecule has 2 heterocycles. The SMILES string of the molecule is CCC1(N)NC(=NCc2ccco2)c2cc(OC)c(OC)cc2N1. The molecule has 1 atom stereocenters. The Morgan fingerprint density at radius 2 is 1.96 bits per heavy atom. The molecule has 0 fully saturated rings. The van der Waals surface area contributed by atoms with Gasteiger partial charge in [-0.1, -0.05) is 6.92 Å². The molecule has 1 aliphatic rings. The molecule has 0 aliphatic carbocycles. The first-order chi connectivity index (χ1) is 11.6. The van der Waals surface area contributed by atoms with Gasteiger partial charge in [-0.05, 0) is 18.2 Å². The molecular formula is C17H22N4O3. The number of hydrogen-bond acceptors (Lipinski definition) is 6. The first-order valence-electron chi connectivity index (χ1n) is 7.77. The molecule has 0 spiro atoms. The molecule has 0 saturated heterocycles. The zero-order valence-electron chi connectivity index (χ0n) is 14.1. The topological polar surface area (TPSA) is 94.0 Å². The maximum atomic E-state index is 6.38. The molecule has 0 bridgehead atoms. The van der Waals surface area contributed by atoms with Crippen LogP contribution in [0, 0.1) is 0 Å². The van der Waals surface area contributed by atoms with Crippen LogP contribution in [0.2, 0.25) is 0 Å². The Balaban J connectivity index is 2.04. The van der Waals surface area contributed by atoms with E-state index in [1.165, 1.54) is 0 Å². The van der Waals surface area contributed by atoms with Crippen LogP contribution < -0.4 is 25.8 Å². The Labute approximate surface area is 140 Å². The van der Waals surface area contributed by atoms with E-state index in [0.29, 0.717) is 30.3 Å². The number of nitrogens with two attached hydrogens (primary N) is 1. The summed E-state index contributed by atoms with van der Waals surface area (Å²) < 4.78 is 16.1. The van der Waals surface area contributed by atoms with Gasteiger partial charge in [-0.3, -0.25) is 10.7 Å². The first-order valence-corrected chi connectivity index (χ1v) is 7.77. The van der Waals surface area contributed by atoms with Gasteiger partial charge in [0.05, 0.1) is 32.7 Å². The minimum absolute atomic E-state index is 0.420. The maximum Gasteiger partial charge on any atom is 0.162 e. The van der Waals surface area contributed by atoms with Gasteiger partial charge in [-0.25, -0.2) is 0 Å². The van der Waals surface area contributed by atoms with Gasteiger partial charge in [-0.15, -0.1) is 0 Å². The summed E-state index contributed by atoms with van der Waals surface area (Å²) in [7, 11) is 3.21. The monoisotopic (exact) mass is 330 g/mol. The van der Waals surface area contributed by atoms with E-state index in [2.05, 4.69) is 15.6 Å². The van der Waals surface area contributed by atoms with Gasteiger partial charge in [0.25, 0.3) is 0 Å². The van der Waals surface area contributed by atoms with Crippen LogP contribution in [0.1, 0.15) is 24.7 Å².